The van der Waals surface area contributed by atoms with Gasteiger partial charge in [0, 0.05) is 23.8 Å². The standard InChI is InChI=1S/C7H7N5O2S/c8-6-4(10-11-15-6)3-12-2-1-5(13)9-7(12)14/h1-2H,3,8H2,(H,9,13,14). The molecular weight excluding hydrogens is 218 g/mol. The minimum atomic E-state index is -0.491. The van der Waals surface area contributed by atoms with Crippen LogP contribution in [0.4, 0.5) is 5.00 Å². The predicted octanol–water partition coefficient (Wildman–Crippen LogP) is -0.981. The summed E-state index contributed by atoms with van der Waals surface area (Å²) in [6.45, 7) is 0.206. The van der Waals surface area contributed by atoms with Crippen LogP contribution in [-0.2, 0) is 6.54 Å². The van der Waals surface area contributed by atoms with Crippen molar-refractivity contribution in [2.75, 3.05) is 5.73 Å². The van der Waals surface area contributed by atoms with Crippen LogP contribution in [0.1, 0.15) is 5.69 Å². The molecule has 0 atom stereocenters. The number of nitrogens with two attached hydrogens (primary N) is 1. The third-order valence-corrected chi connectivity index (χ3v) is 2.40. The maximum Gasteiger partial charge on any atom is 0.328 e. The highest BCUT2D eigenvalue weighted by Crippen LogP contribution is 2.12. The molecule has 0 aromatic carbocycles. The number of aromatic amines is 1. The second-order valence-electron chi connectivity index (χ2n) is 2.82. The molecule has 8 heteroatoms. The molecule has 2 rings (SSSR count). The van der Waals surface area contributed by atoms with Crippen LogP contribution in [0.25, 0.3) is 0 Å². The van der Waals surface area contributed by atoms with Crippen LogP contribution >= 0.6 is 11.5 Å². The van der Waals surface area contributed by atoms with Crippen molar-refractivity contribution in [3.8, 4) is 0 Å². The van der Waals surface area contributed by atoms with Crippen LogP contribution in [0.3, 0.4) is 0 Å². The molecule has 2 aromatic heterocycles. The Labute approximate surface area is 87.4 Å². The normalized spacial score (nSPS) is 10.4. The molecular formula is C7H7N5O2S. The van der Waals surface area contributed by atoms with E-state index in [-0.39, 0.29) is 6.54 Å². The zero-order chi connectivity index (χ0) is 10.8. The number of H-pyrrole nitrogens is 1. The van der Waals surface area contributed by atoms with Crippen molar-refractivity contribution in [1.29, 1.82) is 0 Å². The van der Waals surface area contributed by atoms with Gasteiger partial charge in [0.15, 0.2) is 0 Å². The number of nitrogens with zero attached hydrogens (tertiary/aromatic N) is 3. The van der Waals surface area contributed by atoms with Gasteiger partial charge in [-0.25, -0.2) is 4.79 Å². The van der Waals surface area contributed by atoms with Crippen LogP contribution in [0, 0.1) is 0 Å². The summed E-state index contributed by atoms with van der Waals surface area (Å²) in [5.41, 5.74) is 5.18. The van der Waals surface area contributed by atoms with Gasteiger partial charge in [0.1, 0.15) is 10.7 Å². The molecule has 2 aromatic rings. The summed E-state index contributed by atoms with van der Waals surface area (Å²) in [5, 5.41) is 4.23. The maximum atomic E-state index is 11.3. The molecule has 0 aliphatic carbocycles. The average molecular weight is 225 g/mol. The largest absolute Gasteiger partial charge is 0.388 e. The summed E-state index contributed by atoms with van der Waals surface area (Å²) in [7, 11) is 0. The molecule has 0 fully saturated rings. The summed E-state index contributed by atoms with van der Waals surface area (Å²) in [4.78, 5) is 24.2. The average Bonchev–Trinajstić information content (AvgIpc) is 2.57. The number of nitrogen functional groups attached to an aromatic ring is 1. The summed E-state index contributed by atoms with van der Waals surface area (Å²) in [6.07, 6.45) is 1.39. The number of anilines is 1. The summed E-state index contributed by atoms with van der Waals surface area (Å²) >= 11 is 1.06. The Kier molecular flexibility index (Phi) is 2.34. The van der Waals surface area contributed by atoms with E-state index in [9.17, 15) is 9.59 Å². The molecule has 3 N–H and O–H groups in total. The van der Waals surface area contributed by atoms with Gasteiger partial charge in [0.25, 0.3) is 5.56 Å². The van der Waals surface area contributed by atoms with Crippen molar-refractivity contribution in [3.05, 3.63) is 38.8 Å². The van der Waals surface area contributed by atoms with Gasteiger partial charge in [-0.2, -0.15) is 0 Å². The molecule has 2 heterocycles. The Hall–Kier alpha value is -1.96. The molecule has 0 bridgehead atoms. The van der Waals surface area contributed by atoms with E-state index >= 15 is 0 Å². The number of hydrogen-bond donors (Lipinski definition) is 2. The fourth-order valence-electron chi connectivity index (χ4n) is 1.06. The van der Waals surface area contributed by atoms with Crippen LogP contribution in [-0.4, -0.2) is 19.1 Å². The molecule has 7 nitrogen and oxygen atoms in total. The minimum absolute atomic E-state index is 0.206. The van der Waals surface area contributed by atoms with Crippen molar-refractivity contribution < 1.29 is 0 Å². The van der Waals surface area contributed by atoms with E-state index in [2.05, 4.69) is 14.6 Å². The second-order valence-corrected chi connectivity index (χ2v) is 3.61. The smallest absolute Gasteiger partial charge is 0.328 e. The minimum Gasteiger partial charge on any atom is -0.388 e. The first kappa shape index (κ1) is 9.59. The third-order valence-electron chi connectivity index (χ3n) is 1.80. The first-order chi connectivity index (χ1) is 7.16. The zero-order valence-corrected chi connectivity index (χ0v) is 8.32. The van der Waals surface area contributed by atoms with Crippen molar-refractivity contribution in [1.82, 2.24) is 19.1 Å². The Morgan fingerprint density at radius 1 is 1.53 bits per heavy atom. The fourth-order valence-corrected chi connectivity index (χ4v) is 1.49. The van der Waals surface area contributed by atoms with Crippen molar-refractivity contribution >= 4 is 16.5 Å². The quantitative estimate of drug-likeness (QED) is 0.683. The van der Waals surface area contributed by atoms with E-state index in [1.165, 1.54) is 16.8 Å². The van der Waals surface area contributed by atoms with Gasteiger partial charge >= 0.3 is 5.69 Å². The van der Waals surface area contributed by atoms with E-state index in [0.29, 0.717) is 10.7 Å². The van der Waals surface area contributed by atoms with Crippen LogP contribution < -0.4 is 17.0 Å². The van der Waals surface area contributed by atoms with Crippen LogP contribution in [0.15, 0.2) is 21.9 Å². The van der Waals surface area contributed by atoms with E-state index in [1.807, 2.05) is 0 Å². The molecule has 0 radical (unpaired) electrons. The topological polar surface area (TPSA) is 107 Å². The first-order valence-electron chi connectivity index (χ1n) is 4.03. The number of aromatic nitrogens is 4. The summed E-state index contributed by atoms with van der Waals surface area (Å²) < 4.78 is 4.94. The van der Waals surface area contributed by atoms with Gasteiger partial charge in [0.2, 0.25) is 0 Å². The van der Waals surface area contributed by atoms with Crippen LogP contribution in [0.2, 0.25) is 0 Å². The Morgan fingerprint density at radius 3 is 2.93 bits per heavy atom. The Bertz CT molecular complexity index is 583. The highest BCUT2D eigenvalue weighted by Gasteiger charge is 2.05. The van der Waals surface area contributed by atoms with Crippen molar-refractivity contribution in [2.45, 2.75) is 6.54 Å². The van der Waals surface area contributed by atoms with Gasteiger partial charge in [-0.05, 0) is 0 Å². The van der Waals surface area contributed by atoms with Gasteiger partial charge in [-0.3, -0.25) is 14.3 Å². The molecule has 0 saturated carbocycles. The molecule has 0 aliphatic rings. The highest BCUT2D eigenvalue weighted by molar-refractivity contribution is 7.09. The summed E-state index contributed by atoms with van der Waals surface area (Å²) in [5.74, 6) is 0. The number of rotatable bonds is 2. The van der Waals surface area contributed by atoms with Gasteiger partial charge in [-0.1, -0.05) is 4.49 Å². The lowest BCUT2D eigenvalue weighted by Gasteiger charge is -2.00. The highest BCUT2D eigenvalue weighted by atomic mass is 32.1. The fraction of sp³-hybridized carbons (Fsp3) is 0.143. The Morgan fingerprint density at radius 2 is 2.33 bits per heavy atom. The summed E-state index contributed by atoms with van der Waals surface area (Å²) in [6, 6.07) is 1.26. The lowest BCUT2D eigenvalue weighted by atomic mass is 10.4. The van der Waals surface area contributed by atoms with E-state index in [1.54, 1.807) is 0 Å². The number of hydrogen-bond acceptors (Lipinski definition) is 6. The number of nitrogens with one attached hydrogen (secondary N) is 1. The Balaban J connectivity index is 2.37. The van der Waals surface area contributed by atoms with Gasteiger partial charge < -0.3 is 5.73 Å². The first-order valence-corrected chi connectivity index (χ1v) is 4.80. The van der Waals surface area contributed by atoms with E-state index in [4.69, 9.17) is 5.73 Å². The van der Waals surface area contributed by atoms with Crippen molar-refractivity contribution in [3.63, 3.8) is 0 Å². The predicted molar refractivity (Wildman–Crippen MR) is 54.7 cm³/mol. The molecule has 0 spiro atoms. The molecule has 15 heavy (non-hydrogen) atoms. The third kappa shape index (κ3) is 1.94. The molecule has 0 aliphatic heterocycles. The molecule has 0 amide bonds. The zero-order valence-electron chi connectivity index (χ0n) is 7.51. The van der Waals surface area contributed by atoms with Gasteiger partial charge in [0.05, 0.1) is 6.54 Å². The second kappa shape index (κ2) is 3.65. The van der Waals surface area contributed by atoms with E-state index in [0.717, 1.165) is 11.5 Å². The molecule has 78 valence electrons. The molecule has 0 unspecified atom stereocenters. The van der Waals surface area contributed by atoms with Gasteiger partial charge in [-0.15, -0.1) is 5.10 Å². The maximum absolute atomic E-state index is 11.3. The molecule has 0 saturated heterocycles. The lowest BCUT2D eigenvalue weighted by Crippen LogP contribution is -2.29. The monoisotopic (exact) mass is 225 g/mol. The van der Waals surface area contributed by atoms with Crippen LogP contribution in [0.5, 0.6) is 0 Å². The van der Waals surface area contributed by atoms with E-state index < -0.39 is 11.2 Å². The van der Waals surface area contributed by atoms with Crippen molar-refractivity contribution in [2.24, 2.45) is 0 Å². The SMILES string of the molecule is Nc1snnc1Cn1ccc(=O)[nH]c1=O. The lowest BCUT2D eigenvalue weighted by molar-refractivity contribution is 0.704.